The maximum atomic E-state index is 7.57. The fourth-order valence-electron chi connectivity index (χ4n) is 0. The lowest BCUT2D eigenvalue weighted by Gasteiger charge is -1.52. The van der Waals surface area contributed by atoms with E-state index in [0.717, 1.165) is 0 Å². The fraction of sp³-hybridized carbons (Fsp3) is 1.00. The topological polar surface area (TPSA) is 20.2 Å². The van der Waals surface area contributed by atoms with E-state index in [2.05, 4.69) is 37.2 Å². The summed E-state index contributed by atoms with van der Waals surface area (Å²) in [6, 6.07) is 0. The third kappa shape index (κ3) is 52.5. The molecule has 0 aromatic carbocycles. The second-order valence-electron chi connectivity index (χ2n) is 0.316. The Morgan fingerprint density at radius 3 is 1.50 bits per heavy atom. The van der Waals surface area contributed by atoms with Crippen LogP contribution in [0.5, 0.6) is 0 Å². The summed E-state index contributed by atoms with van der Waals surface area (Å²) in [5.74, 6) is 0. The van der Waals surface area contributed by atoms with Crippen LogP contribution in [-0.2, 0) is 0 Å². The monoisotopic (exact) mass is 316 g/mol. The van der Waals surface area contributed by atoms with Crippen molar-refractivity contribution in [2.45, 2.75) is 14.4 Å². The van der Waals surface area contributed by atoms with Crippen molar-refractivity contribution >= 4 is 37.2 Å². The van der Waals surface area contributed by atoms with Gasteiger partial charge < -0.3 is 5.11 Å². The minimum atomic E-state index is 0. The Kier molecular flexibility index (Phi) is 84.0. The molecule has 0 saturated heterocycles. The van der Waals surface area contributed by atoms with Crippen LogP contribution in [0.1, 0.15) is 14.4 Å². The number of rotatable bonds is 0. The Labute approximate surface area is 62.8 Å². The third-order valence-corrected chi connectivity index (χ3v) is 0. The zero-order valence-corrected chi connectivity index (χ0v) is 7.23. The smallest absolute Gasteiger partial charge is 0.0402 e. The predicted molar refractivity (Wildman–Crippen MR) is 47.5 cm³/mol. The number of aliphatic hydroxyl groups excluding tert-OH is 1. The minimum Gasteiger partial charge on any atom is -0.397 e. The largest absolute Gasteiger partial charge is 0.397 e. The van der Waals surface area contributed by atoms with Gasteiger partial charge in [-0.1, -0.05) is 7.43 Å². The Hall–Kier alpha value is 1.42. The van der Waals surface area contributed by atoms with Crippen LogP contribution in [0.25, 0.3) is 0 Å². The molecule has 0 saturated carbocycles. The molecule has 0 unspecified atom stereocenters. The SMILES string of the molecule is C.CCO.II. The molecule has 0 aromatic heterocycles. The summed E-state index contributed by atoms with van der Waals surface area (Å²) in [5.41, 5.74) is 0. The first-order chi connectivity index (χ1) is 2.41. The van der Waals surface area contributed by atoms with Gasteiger partial charge in [-0.2, -0.15) is 0 Å². The number of hydrogen-bond acceptors (Lipinski definition) is 1. The molecule has 1 N–H and O–H groups in total. The number of halogens is 2. The molecule has 3 heteroatoms. The first-order valence-corrected chi connectivity index (χ1v) is 7.45. The summed E-state index contributed by atoms with van der Waals surface area (Å²) < 4.78 is 0. The molecule has 0 fully saturated rings. The summed E-state index contributed by atoms with van der Waals surface area (Å²) in [4.78, 5) is 0. The van der Waals surface area contributed by atoms with E-state index in [1.807, 2.05) is 0 Å². The van der Waals surface area contributed by atoms with Gasteiger partial charge in [-0.15, -0.1) is 0 Å². The third-order valence-electron chi connectivity index (χ3n) is 0. The molecule has 0 aliphatic rings. The first kappa shape index (κ1) is 15.7. The predicted octanol–water partition coefficient (Wildman–Crippen LogP) is 2.41. The van der Waals surface area contributed by atoms with Gasteiger partial charge in [0.05, 0.1) is 0 Å². The molecule has 0 atom stereocenters. The highest BCUT2D eigenvalue weighted by Crippen LogP contribution is 1.89. The van der Waals surface area contributed by atoms with E-state index < -0.39 is 0 Å². The molecule has 6 heavy (non-hydrogen) atoms. The molecular formula is C3H10I2O. The van der Waals surface area contributed by atoms with Crippen molar-refractivity contribution in [1.29, 1.82) is 0 Å². The molecule has 0 bridgehead atoms. The molecular weight excluding hydrogens is 306 g/mol. The summed E-state index contributed by atoms with van der Waals surface area (Å²) in [7, 11) is 0. The Balaban J connectivity index is -0.0000000275. The van der Waals surface area contributed by atoms with E-state index in [9.17, 15) is 0 Å². The van der Waals surface area contributed by atoms with Crippen molar-refractivity contribution in [3.8, 4) is 0 Å². The van der Waals surface area contributed by atoms with Crippen LogP contribution < -0.4 is 0 Å². The van der Waals surface area contributed by atoms with E-state index in [0.29, 0.717) is 0 Å². The maximum Gasteiger partial charge on any atom is 0.0402 e. The van der Waals surface area contributed by atoms with E-state index >= 15 is 0 Å². The maximum absolute atomic E-state index is 7.57. The highest BCUT2D eigenvalue weighted by atomic mass is 128. The number of hydrogen-bond donors (Lipinski definition) is 1. The molecule has 0 aliphatic carbocycles. The van der Waals surface area contributed by atoms with Gasteiger partial charge in [-0.3, -0.25) is 0 Å². The second-order valence-corrected chi connectivity index (χ2v) is 0.316. The Morgan fingerprint density at radius 2 is 1.50 bits per heavy atom. The van der Waals surface area contributed by atoms with Crippen molar-refractivity contribution in [3.63, 3.8) is 0 Å². The molecule has 0 aromatic rings. The lowest BCUT2D eigenvalue weighted by molar-refractivity contribution is 0.318. The summed E-state index contributed by atoms with van der Waals surface area (Å²) in [6.45, 7) is 1.93. The van der Waals surface area contributed by atoms with E-state index in [-0.39, 0.29) is 14.0 Å². The zero-order chi connectivity index (χ0) is 4.71. The molecule has 0 radical (unpaired) electrons. The second kappa shape index (κ2) is 32.2. The standard InChI is InChI=1S/C2H6O.CH4.I2/c1-2-3;;1-2/h3H,2H2,1H3;1H4;. The van der Waals surface area contributed by atoms with Crippen LogP contribution in [0.3, 0.4) is 0 Å². The van der Waals surface area contributed by atoms with Crippen LogP contribution in [0, 0.1) is 0 Å². The Morgan fingerprint density at radius 1 is 1.50 bits per heavy atom. The average molecular weight is 316 g/mol. The van der Waals surface area contributed by atoms with Crippen LogP contribution in [0.2, 0.25) is 0 Å². The van der Waals surface area contributed by atoms with Gasteiger partial charge in [0.25, 0.3) is 0 Å². The van der Waals surface area contributed by atoms with E-state index in [1.165, 1.54) is 0 Å². The normalized spacial score (nSPS) is 4.00. The van der Waals surface area contributed by atoms with Gasteiger partial charge in [-0.25, -0.2) is 0 Å². The van der Waals surface area contributed by atoms with Gasteiger partial charge >= 0.3 is 0 Å². The highest BCUT2D eigenvalue weighted by molar-refractivity contribution is 15.0. The average Bonchev–Trinajstić information content (AvgIpc) is 1.46. The highest BCUT2D eigenvalue weighted by Gasteiger charge is 1.34. The van der Waals surface area contributed by atoms with E-state index in [4.69, 9.17) is 5.11 Å². The summed E-state index contributed by atoms with van der Waals surface area (Å²) >= 11 is 4.24. The lowest BCUT2D eigenvalue weighted by atomic mass is 10.9. The Bertz CT molecular complexity index is 8.75. The molecule has 0 aliphatic heterocycles. The van der Waals surface area contributed by atoms with Gasteiger partial charge in [0.1, 0.15) is 0 Å². The summed E-state index contributed by atoms with van der Waals surface area (Å²) in [6.07, 6.45) is 0. The zero-order valence-electron chi connectivity index (χ0n) is 2.91. The molecule has 1 nitrogen and oxygen atoms in total. The van der Waals surface area contributed by atoms with Gasteiger partial charge in [-0.05, 0) is 6.92 Å². The van der Waals surface area contributed by atoms with Crippen molar-refractivity contribution in [2.75, 3.05) is 6.61 Å². The lowest BCUT2D eigenvalue weighted by Crippen LogP contribution is -1.57. The van der Waals surface area contributed by atoms with Crippen LogP contribution in [0.4, 0.5) is 0 Å². The molecule has 42 valence electrons. The van der Waals surface area contributed by atoms with Crippen LogP contribution in [0.15, 0.2) is 0 Å². The molecule has 0 amide bonds. The number of aliphatic hydroxyl groups is 1. The van der Waals surface area contributed by atoms with Gasteiger partial charge in [0.2, 0.25) is 0 Å². The molecule has 0 spiro atoms. The molecule has 0 heterocycles. The van der Waals surface area contributed by atoms with Crippen LogP contribution >= 0.6 is 37.2 Å². The summed E-state index contributed by atoms with van der Waals surface area (Å²) in [5, 5.41) is 7.57. The van der Waals surface area contributed by atoms with Crippen molar-refractivity contribution in [2.24, 2.45) is 0 Å². The van der Waals surface area contributed by atoms with Crippen molar-refractivity contribution in [1.82, 2.24) is 0 Å². The minimum absolute atomic E-state index is 0. The van der Waals surface area contributed by atoms with Crippen molar-refractivity contribution < 1.29 is 5.11 Å². The van der Waals surface area contributed by atoms with Gasteiger partial charge in [0.15, 0.2) is 0 Å². The van der Waals surface area contributed by atoms with Crippen molar-refractivity contribution in [3.05, 3.63) is 0 Å². The van der Waals surface area contributed by atoms with Crippen LogP contribution in [-0.4, -0.2) is 11.7 Å². The fourth-order valence-corrected chi connectivity index (χ4v) is 0. The first-order valence-electron chi connectivity index (χ1n) is 1.17. The quantitative estimate of drug-likeness (QED) is 0.681. The van der Waals surface area contributed by atoms with E-state index in [1.54, 1.807) is 6.92 Å². The van der Waals surface area contributed by atoms with Gasteiger partial charge in [0, 0.05) is 43.8 Å². The molecule has 0 rings (SSSR count).